The standard InChI is InChI=1S/C17H15FN2O/c1-19(2)17(21)20-10-9-13-3-4-14(11-16(13)20)12-5-7-15(18)8-6-12/h3-11H,1-2H3. The zero-order valence-corrected chi connectivity index (χ0v) is 11.9. The molecule has 0 radical (unpaired) electrons. The van der Waals surface area contributed by atoms with Crippen molar-refractivity contribution in [2.24, 2.45) is 0 Å². The van der Waals surface area contributed by atoms with E-state index in [0.29, 0.717) is 0 Å². The molecule has 0 aliphatic rings. The summed E-state index contributed by atoms with van der Waals surface area (Å²) >= 11 is 0. The molecule has 1 heterocycles. The Kier molecular flexibility index (Phi) is 3.22. The van der Waals surface area contributed by atoms with Crippen molar-refractivity contribution in [3.63, 3.8) is 0 Å². The minimum Gasteiger partial charge on any atom is -0.330 e. The normalized spacial score (nSPS) is 10.8. The maximum atomic E-state index is 13.0. The number of benzene rings is 2. The van der Waals surface area contributed by atoms with Gasteiger partial charge in [0.2, 0.25) is 0 Å². The summed E-state index contributed by atoms with van der Waals surface area (Å²) in [5.74, 6) is -0.258. The number of nitrogens with zero attached hydrogens (tertiary/aromatic N) is 2. The van der Waals surface area contributed by atoms with E-state index < -0.39 is 0 Å². The van der Waals surface area contributed by atoms with Crippen molar-refractivity contribution in [1.82, 2.24) is 9.47 Å². The smallest absolute Gasteiger partial charge is 0.328 e. The molecule has 106 valence electrons. The SMILES string of the molecule is CN(C)C(=O)n1ccc2ccc(-c3ccc(F)cc3)cc21. The van der Waals surface area contributed by atoms with Crippen molar-refractivity contribution in [2.75, 3.05) is 14.1 Å². The maximum absolute atomic E-state index is 13.0. The first-order chi connectivity index (χ1) is 10.1. The lowest BCUT2D eigenvalue weighted by molar-refractivity contribution is 0.220. The zero-order valence-electron chi connectivity index (χ0n) is 11.9. The van der Waals surface area contributed by atoms with E-state index in [0.717, 1.165) is 22.0 Å². The second-order valence-electron chi connectivity index (χ2n) is 5.14. The Morgan fingerprint density at radius 1 is 1.00 bits per heavy atom. The molecule has 0 atom stereocenters. The molecule has 3 rings (SSSR count). The Morgan fingerprint density at radius 3 is 2.33 bits per heavy atom. The summed E-state index contributed by atoms with van der Waals surface area (Å²) in [4.78, 5) is 13.7. The molecule has 0 N–H and O–H groups in total. The number of hydrogen-bond acceptors (Lipinski definition) is 1. The summed E-state index contributed by atoms with van der Waals surface area (Å²) in [6, 6.07) is 14.0. The summed E-state index contributed by atoms with van der Waals surface area (Å²) in [6.07, 6.45) is 1.77. The fourth-order valence-corrected chi connectivity index (χ4v) is 2.33. The Hall–Kier alpha value is -2.62. The number of carbonyl (C=O) groups is 1. The van der Waals surface area contributed by atoms with E-state index in [9.17, 15) is 9.18 Å². The van der Waals surface area contributed by atoms with E-state index in [2.05, 4.69) is 0 Å². The van der Waals surface area contributed by atoms with Gasteiger partial charge in [0.15, 0.2) is 0 Å². The number of amides is 1. The van der Waals surface area contributed by atoms with Crippen molar-refractivity contribution >= 4 is 16.9 Å². The van der Waals surface area contributed by atoms with Crippen LogP contribution in [0.2, 0.25) is 0 Å². The number of hydrogen-bond donors (Lipinski definition) is 0. The summed E-state index contributed by atoms with van der Waals surface area (Å²) in [5.41, 5.74) is 2.72. The summed E-state index contributed by atoms with van der Waals surface area (Å²) in [7, 11) is 3.44. The van der Waals surface area contributed by atoms with Gasteiger partial charge in [-0.15, -0.1) is 0 Å². The van der Waals surface area contributed by atoms with Gasteiger partial charge in [-0.1, -0.05) is 24.3 Å². The average molecular weight is 282 g/mol. The third-order valence-corrected chi connectivity index (χ3v) is 3.46. The van der Waals surface area contributed by atoms with Gasteiger partial charge in [0.25, 0.3) is 0 Å². The van der Waals surface area contributed by atoms with Crippen molar-refractivity contribution in [1.29, 1.82) is 0 Å². The molecule has 1 aromatic heterocycles. The molecular weight excluding hydrogens is 267 g/mol. The lowest BCUT2D eigenvalue weighted by Crippen LogP contribution is -2.26. The Balaban J connectivity index is 2.12. The van der Waals surface area contributed by atoms with E-state index >= 15 is 0 Å². The van der Waals surface area contributed by atoms with Crippen LogP contribution in [0.4, 0.5) is 9.18 Å². The predicted octanol–water partition coefficient (Wildman–Crippen LogP) is 3.98. The molecule has 3 aromatic rings. The summed E-state index contributed by atoms with van der Waals surface area (Å²) < 4.78 is 14.6. The van der Waals surface area contributed by atoms with Crippen molar-refractivity contribution in [2.45, 2.75) is 0 Å². The third kappa shape index (κ3) is 2.40. The van der Waals surface area contributed by atoms with E-state index in [4.69, 9.17) is 0 Å². The highest BCUT2D eigenvalue weighted by atomic mass is 19.1. The lowest BCUT2D eigenvalue weighted by Gasteiger charge is -2.12. The number of aromatic nitrogens is 1. The highest BCUT2D eigenvalue weighted by Crippen LogP contribution is 2.25. The molecule has 0 bridgehead atoms. The Labute approximate surface area is 122 Å². The van der Waals surface area contributed by atoms with Crippen LogP contribution in [0, 0.1) is 5.82 Å². The van der Waals surface area contributed by atoms with Crippen molar-refractivity contribution in [3.8, 4) is 11.1 Å². The van der Waals surface area contributed by atoms with Crippen LogP contribution in [0.1, 0.15) is 0 Å². The number of halogens is 1. The molecule has 0 aliphatic carbocycles. The molecule has 4 heteroatoms. The number of rotatable bonds is 1. The van der Waals surface area contributed by atoms with Gasteiger partial charge in [0.1, 0.15) is 5.82 Å². The van der Waals surface area contributed by atoms with Crippen LogP contribution < -0.4 is 0 Å². The van der Waals surface area contributed by atoms with E-state index in [1.807, 2.05) is 24.3 Å². The van der Waals surface area contributed by atoms with Gasteiger partial charge in [0, 0.05) is 25.7 Å². The Bertz CT molecular complexity index is 803. The molecule has 3 nitrogen and oxygen atoms in total. The van der Waals surface area contributed by atoms with Crippen LogP contribution in [0.15, 0.2) is 54.7 Å². The first-order valence-electron chi connectivity index (χ1n) is 6.65. The topological polar surface area (TPSA) is 25.2 Å². The highest BCUT2D eigenvalue weighted by molar-refractivity contribution is 5.93. The van der Waals surface area contributed by atoms with Crippen LogP contribution in [0.5, 0.6) is 0 Å². The van der Waals surface area contributed by atoms with Gasteiger partial charge in [-0.25, -0.2) is 9.18 Å². The fraction of sp³-hybridized carbons (Fsp3) is 0.118. The second-order valence-corrected chi connectivity index (χ2v) is 5.14. The van der Waals surface area contributed by atoms with Crippen LogP contribution in [-0.4, -0.2) is 29.6 Å². The molecule has 0 spiro atoms. The van der Waals surface area contributed by atoms with Gasteiger partial charge in [-0.05, 0) is 35.4 Å². The van der Waals surface area contributed by atoms with Crippen LogP contribution in [0.3, 0.4) is 0 Å². The summed E-state index contributed by atoms with van der Waals surface area (Å²) in [6.45, 7) is 0. The molecule has 0 saturated carbocycles. The zero-order chi connectivity index (χ0) is 15.0. The molecular formula is C17H15FN2O. The quantitative estimate of drug-likeness (QED) is 0.663. The van der Waals surface area contributed by atoms with Crippen LogP contribution >= 0.6 is 0 Å². The van der Waals surface area contributed by atoms with E-state index in [1.54, 1.807) is 37.0 Å². The molecule has 0 saturated heterocycles. The third-order valence-electron chi connectivity index (χ3n) is 3.46. The molecule has 1 amide bonds. The average Bonchev–Trinajstić information content (AvgIpc) is 2.90. The maximum Gasteiger partial charge on any atom is 0.328 e. The fourth-order valence-electron chi connectivity index (χ4n) is 2.33. The molecule has 0 fully saturated rings. The minimum absolute atomic E-state index is 0.0961. The van der Waals surface area contributed by atoms with E-state index in [-0.39, 0.29) is 11.8 Å². The Morgan fingerprint density at radius 2 is 1.67 bits per heavy atom. The summed E-state index contributed by atoms with van der Waals surface area (Å²) in [5, 5.41) is 0.996. The first-order valence-corrected chi connectivity index (χ1v) is 6.65. The van der Waals surface area contributed by atoms with Gasteiger partial charge in [-0.2, -0.15) is 0 Å². The molecule has 0 unspecified atom stereocenters. The highest BCUT2D eigenvalue weighted by Gasteiger charge is 2.11. The molecule has 2 aromatic carbocycles. The number of fused-ring (bicyclic) bond motifs is 1. The second kappa shape index (κ2) is 5.05. The molecule has 21 heavy (non-hydrogen) atoms. The lowest BCUT2D eigenvalue weighted by atomic mass is 10.0. The van der Waals surface area contributed by atoms with Crippen LogP contribution in [0.25, 0.3) is 22.0 Å². The van der Waals surface area contributed by atoms with Crippen LogP contribution in [-0.2, 0) is 0 Å². The van der Waals surface area contributed by atoms with Gasteiger partial charge < -0.3 is 4.90 Å². The van der Waals surface area contributed by atoms with Crippen molar-refractivity contribution in [3.05, 3.63) is 60.5 Å². The predicted molar refractivity (Wildman–Crippen MR) is 81.8 cm³/mol. The number of carbonyl (C=O) groups excluding carboxylic acids is 1. The van der Waals surface area contributed by atoms with Gasteiger partial charge in [0.05, 0.1) is 5.52 Å². The molecule has 0 aliphatic heterocycles. The van der Waals surface area contributed by atoms with Crippen molar-refractivity contribution < 1.29 is 9.18 Å². The largest absolute Gasteiger partial charge is 0.330 e. The minimum atomic E-state index is -0.258. The van der Waals surface area contributed by atoms with E-state index in [1.165, 1.54) is 17.0 Å². The first kappa shape index (κ1) is 13.4. The van der Waals surface area contributed by atoms with Gasteiger partial charge >= 0.3 is 6.03 Å². The van der Waals surface area contributed by atoms with Gasteiger partial charge in [-0.3, -0.25) is 4.57 Å². The monoisotopic (exact) mass is 282 g/mol.